The molecule has 0 aliphatic heterocycles. The van der Waals surface area contributed by atoms with Crippen molar-refractivity contribution in [1.82, 2.24) is 4.90 Å². The first-order chi connectivity index (χ1) is 14.8. The molecule has 0 bridgehead atoms. The van der Waals surface area contributed by atoms with Crippen molar-refractivity contribution in [2.75, 3.05) is 5.32 Å². The number of nitrogens with two attached hydrogens (primary N) is 1. The van der Waals surface area contributed by atoms with E-state index in [0.717, 1.165) is 11.1 Å². The summed E-state index contributed by atoms with van der Waals surface area (Å²) in [4.78, 5) is 37.9. The first-order valence-electron chi connectivity index (χ1n) is 9.66. The third kappa shape index (κ3) is 5.70. The zero-order valence-electron chi connectivity index (χ0n) is 17.0. The van der Waals surface area contributed by atoms with Crippen molar-refractivity contribution in [3.8, 4) is 5.75 Å². The van der Waals surface area contributed by atoms with Crippen molar-refractivity contribution in [3.05, 3.63) is 95.1 Å². The van der Waals surface area contributed by atoms with Crippen LogP contribution in [-0.2, 0) is 17.9 Å². The molecular weight excluding hydrogens is 394 g/mol. The van der Waals surface area contributed by atoms with Gasteiger partial charge in [0.15, 0.2) is 0 Å². The Morgan fingerprint density at radius 1 is 0.903 bits per heavy atom. The lowest BCUT2D eigenvalue weighted by Crippen LogP contribution is -2.30. The average Bonchev–Trinajstić information content (AvgIpc) is 2.75. The van der Waals surface area contributed by atoms with Gasteiger partial charge in [-0.05, 0) is 41.5 Å². The summed E-state index contributed by atoms with van der Waals surface area (Å²) in [6.45, 7) is 1.84. The molecule has 7 nitrogen and oxygen atoms in total. The van der Waals surface area contributed by atoms with Gasteiger partial charge in [0.05, 0.1) is 5.56 Å². The zero-order chi connectivity index (χ0) is 22.4. The fraction of sp³-hybridized carbons (Fsp3) is 0.125. The number of hydrogen-bond donors (Lipinski definition) is 3. The van der Waals surface area contributed by atoms with Crippen molar-refractivity contribution < 1.29 is 19.5 Å². The van der Waals surface area contributed by atoms with Gasteiger partial charge in [0.25, 0.3) is 5.91 Å². The van der Waals surface area contributed by atoms with Crippen LogP contribution in [0.2, 0.25) is 0 Å². The molecule has 31 heavy (non-hydrogen) atoms. The lowest BCUT2D eigenvalue weighted by molar-refractivity contribution is -0.114. The Kier molecular flexibility index (Phi) is 6.67. The molecule has 0 unspecified atom stereocenters. The van der Waals surface area contributed by atoms with E-state index < -0.39 is 11.8 Å². The molecule has 0 fully saturated rings. The van der Waals surface area contributed by atoms with Crippen LogP contribution in [0.3, 0.4) is 0 Å². The van der Waals surface area contributed by atoms with E-state index >= 15 is 0 Å². The van der Waals surface area contributed by atoms with E-state index in [2.05, 4.69) is 5.32 Å². The molecule has 3 amide bonds. The number of carbonyl (C=O) groups is 3. The second-order valence-corrected chi connectivity index (χ2v) is 7.12. The lowest BCUT2D eigenvalue weighted by atomic mass is 10.1. The molecule has 0 aliphatic rings. The van der Waals surface area contributed by atoms with Gasteiger partial charge in [-0.15, -0.1) is 0 Å². The monoisotopic (exact) mass is 417 g/mol. The molecule has 0 heterocycles. The van der Waals surface area contributed by atoms with Crippen molar-refractivity contribution in [1.29, 1.82) is 0 Å². The quantitative estimate of drug-likeness (QED) is 0.512. The summed E-state index contributed by atoms with van der Waals surface area (Å²) in [5.41, 5.74) is 7.82. The molecule has 0 atom stereocenters. The first kappa shape index (κ1) is 21.6. The first-order valence-corrected chi connectivity index (χ1v) is 9.66. The van der Waals surface area contributed by atoms with Crippen LogP contribution >= 0.6 is 0 Å². The molecule has 0 radical (unpaired) electrons. The summed E-state index contributed by atoms with van der Waals surface area (Å²) in [5.74, 6) is -1.45. The van der Waals surface area contributed by atoms with Gasteiger partial charge >= 0.3 is 0 Å². The second kappa shape index (κ2) is 9.58. The Labute approximate surface area is 180 Å². The van der Waals surface area contributed by atoms with Crippen LogP contribution in [0.25, 0.3) is 0 Å². The van der Waals surface area contributed by atoms with Gasteiger partial charge in [-0.1, -0.05) is 42.5 Å². The van der Waals surface area contributed by atoms with Crippen LogP contribution in [0.5, 0.6) is 5.75 Å². The number of phenols is 1. The van der Waals surface area contributed by atoms with Crippen molar-refractivity contribution in [3.63, 3.8) is 0 Å². The summed E-state index contributed by atoms with van der Waals surface area (Å²) < 4.78 is 0. The van der Waals surface area contributed by atoms with Crippen LogP contribution in [0.15, 0.2) is 72.8 Å². The minimum Gasteiger partial charge on any atom is -0.507 e. The highest BCUT2D eigenvalue weighted by Gasteiger charge is 2.21. The summed E-state index contributed by atoms with van der Waals surface area (Å²) in [5, 5.41) is 12.9. The van der Waals surface area contributed by atoms with Gasteiger partial charge in [-0.25, -0.2) is 0 Å². The Balaban J connectivity index is 1.96. The highest BCUT2D eigenvalue weighted by atomic mass is 16.3. The van der Waals surface area contributed by atoms with E-state index in [9.17, 15) is 19.5 Å². The summed E-state index contributed by atoms with van der Waals surface area (Å²) in [6.07, 6.45) is 0. The van der Waals surface area contributed by atoms with E-state index in [1.807, 2.05) is 30.3 Å². The SMILES string of the molecule is CC(=O)Nc1ccc(O)c(C(=O)N(Cc2ccccc2)Cc2cccc(C(N)=O)c2)c1. The maximum absolute atomic E-state index is 13.4. The third-order valence-corrected chi connectivity index (χ3v) is 4.64. The normalized spacial score (nSPS) is 10.4. The van der Waals surface area contributed by atoms with Gasteiger partial charge in [0, 0.05) is 31.3 Å². The Morgan fingerprint density at radius 2 is 1.58 bits per heavy atom. The van der Waals surface area contributed by atoms with E-state index in [-0.39, 0.29) is 30.3 Å². The molecule has 158 valence electrons. The van der Waals surface area contributed by atoms with Gasteiger partial charge in [0.1, 0.15) is 5.75 Å². The number of aromatic hydroxyl groups is 1. The maximum Gasteiger partial charge on any atom is 0.258 e. The number of phenolic OH excluding ortho intramolecular Hbond substituents is 1. The molecule has 4 N–H and O–H groups in total. The molecule has 3 aromatic carbocycles. The highest BCUT2D eigenvalue weighted by molar-refractivity contribution is 5.99. The van der Waals surface area contributed by atoms with Gasteiger partial charge in [-0.3, -0.25) is 14.4 Å². The standard InChI is InChI=1S/C24H23N3O4/c1-16(28)26-20-10-11-22(29)21(13-20)24(31)27(14-17-6-3-2-4-7-17)15-18-8-5-9-19(12-18)23(25)30/h2-13,29H,14-15H2,1H3,(H2,25,30)(H,26,28). The predicted molar refractivity (Wildman–Crippen MR) is 117 cm³/mol. The highest BCUT2D eigenvalue weighted by Crippen LogP contribution is 2.25. The van der Waals surface area contributed by atoms with Crippen LogP contribution < -0.4 is 11.1 Å². The lowest BCUT2D eigenvalue weighted by Gasteiger charge is -2.24. The molecule has 0 saturated heterocycles. The average molecular weight is 417 g/mol. The second-order valence-electron chi connectivity index (χ2n) is 7.12. The Bertz CT molecular complexity index is 1110. The smallest absolute Gasteiger partial charge is 0.258 e. The Hall–Kier alpha value is -4.13. The maximum atomic E-state index is 13.4. The van der Waals surface area contributed by atoms with Gasteiger partial charge < -0.3 is 21.1 Å². The fourth-order valence-electron chi connectivity index (χ4n) is 3.21. The van der Waals surface area contributed by atoms with Crippen LogP contribution in [0.4, 0.5) is 5.69 Å². The number of primary amides is 1. The fourth-order valence-corrected chi connectivity index (χ4v) is 3.21. The van der Waals surface area contributed by atoms with Crippen LogP contribution in [-0.4, -0.2) is 27.7 Å². The number of benzene rings is 3. The van der Waals surface area contributed by atoms with Gasteiger partial charge in [-0.2, -0.15) is 0 Å². The molecule has 0 spiro atoms. The third-order valence-electron chi connectivity index (χ3n) is 4.64. The Morgan fingerprint density at radius 3 is 2.26 bits per heavy atom. The molecule has 0 saturated carbocycles. The van der Waals surface area contributed by atoms with E-state index in [1.54, 1.807) is 29.2 Å². The van der Waals surface area contributed by atoms with Crippen LogP contribution in [0.1, 0.15) is 38.8 Å². The number of amides is 3. The molecule has 3 aromatic rings. The number of nitrogens with zero attached hydrogens (tertiary/aromatic N) is 1. The van der Waals surface area contributed by atoms with E-state index in [4.69, 9.17) is 5.73 Å². The minimum atomic E-state index is -0.552. The van der Waals surface area contributed by atoms with Crippen molar-refractivity contribution >= 4 is 23.4 Å². The number of hydrogen-bond acceptors (Lipinski definition) is 4. The zero-order valence-corrected chi connectivity index (χ0v) is 17.0. The number of carbonyl (C=O) groups excluding carboxylic acids is 3. The molecular formula is C24H23N3O4. The minimum absolute atomic E-state index is 0.0632. The molecule has 0 aromatic heterocycles. The molecule has 7 heteroatoms. The van der Waals surface area contributed by atoms with Crippen LogP contribution in [0, 0.1) is 0 Å². The van der Waals surface area contributed by atoms with Gasteiger partial charge in [0.2, 0.25) is 11.8 Å². The summed E-state index contributed by atoms with van der Waals surface area (Å²) in [7, 11) is 0. The van der Waals surface area contributed by atoms with E-state index in [0.29, 0.717) is 11.3 Å². The van der Waals surface area contributed by atoms with Crippen molar-refractivity contribution in [2.24, 2.45) is 5.73 Å². The summed E-state index contributed by atoms with van der Waals surface area (Å²) in [6, 6.07) is 20.5. The molecule has 0 aliphatic carbocycles. The predicted octanol–water partition coefficient (Wildman–Crippen LogP) is 3.29. The number of rotatable bonds is 7. The molecule has 3 rings (SSSR count). The summed E-state index contributed by atoms with van der Waals surface area (Å²) >= 11 is 0. The largest absolute Gasteiger partial charge is 0.507 e. The topological polar surface area (TPSA) is 113 Å². The number of anilines is 1. The van der Waals surface area contributed by atoms with Crippen molar-refractivity contribution in [2.45, 2.75) is 20.0 Å². The van der Waals surface area contributed by atoms with E-state index in [1.165, 1.54) is 25.1 Å². The number of nitrogens with one attached hydrogen (secondary N) is 1.